The van der Waals surface area contributed by atoms with Crippen molar-refractivity contribution in [2.75, 3.05) is 19.8 Å². The van der Waals surface area contributed by atoms with Gasteiger partial charge in [-0.05, 0) is 25.8 Å². The number of halogens is 3. The fraction of sp³-hybridized carbons (Fsp3) is 0.500. The van der Waals surface area contributed by atoms with E-state index in [2.05, 4.69) is 14.8 Å². The standard InChI is InChI=1S/C16H21F3N2O4/c1-3-24-13(22)15(25-4-2,16(17,18)19)21-14(23)20-11-10-12-8-6-5-7-9-12/h5-9H,3-4,10-11H2,1-2H3,(H2,20,21,23)/t15-/m1/s1. The highest BCUT2D eigenvalue weighted by Crippen LogP contribution is 2.33. The molecule has 0 saturated heterocycles. The van der Waals surface area contributed by atoms with Crippen molar-refractivity contribution in [3.8, 4) is 0 Å². The largest absolute Gasteiger partial charge is 0.462 e. The van der Waals surface area contributed by atoms with Crippen molar-refractivity contribution in [2.45, 2.75) is 32.2 Å². The molecule has 1 atom stereocenters. The molecule has 0 aliphatic rings. The maximum absolute atomic E-state index is 13.4. The molecule has 2 amide bonds. The normalized spacial score (nSPS) is 13.6. The molecular formula is C16H21F3N2O4. The summed E-state index contributed by atoms with van der Waals surface area (Å²) in [7, 11) is 0. The van der Waals surface area contributed by atoms with E-state index >= 15 is 0 Å². The van der Waals surface area contributed by atoms with Crippen molar-refractivity contribution in [3.05, 3.63) is 35.9 Å². The van der Waals surface area contributed by atoms with Gasteiger partial charge in [-0.25, -0.2) is 9.59 Å². The summed E-state index contributed by atoms with van der Waals surface area (Å²) in [4.78, 5) is 23.7. The van der Waals surface area contributed by atoms with E-state index in [1.165, 1.54) is 13.8 Å². The summed E-state index contributed by atoms with van der Waals surface area (Å²) in [6, 6.07) is 7.88. The number of rotatable bonds is 8. The van der Waals surface area contributed by atoms with Gasteiger partial charge in [0.2, 0.25) is 0 Å². The summed E-state index contributed by atoms with van der Waals surface area (Å²) in [5.41, 5.74) is -2.64. The van der Waals surface area contributed by atoms with Crippen LogP contribution in [0.1, 0.15) is 19.4 Å². The van der Waals surface area contributed by atoms with Crippen LogP contribution in [0.2, 0.25) is 0 Å². The Kier molecular flexibility index (Phi) is 7.69. The number of nitrogens with one attached hydrogen (secondary N) is 2. The minimum Gasteiger partial charge on any atom is -0.462 e. The van der Waals surface area contributed by atoms with E-state index in [1.807, 2.05) is 18.2 Å². The highest BCUT2D eigenvalue weighted by atomic mass is 19.4. The Morgan fingerprint density at radius 2 is 1.72 bits per heavy atom. The van der Waals surface area contributed by atoms with Crippen LogP contribution < -0.4 is 10.6 Å². The lowest BCUT2D eigenvalue weighted by atomic mass is 10.1. The highest BCUT2D eigenvalue weighted by Gasteiger charge is 2.64. The monoisotopic (exact) mass is 362 g/mol. The van der Waals surface area contributed by atoms with Gasteiger partial charge in [0.05, 0.1) is 6.61 Å². The number of alkyl halides is 3. The van der Waals surface area contributed by atoms with E-state index in [-0.39, 0.29) is 13.2 Å². The minimum atomic E-state index is -5.19. The summed E-state index contributed by atoms with van der Waals surface area (Å²) in [5.74, 6) is -1.72. The van der Waals surface area contributed by atoms with Crippen molar-refractivity contribution in [1.29, 1.82) is 0 Å². The third kappa shape index (κ3) is 5.63. The molecular weight excluding hydrogens is 341 g/mol. The number of carbonyl (C=O) groups is 2. The predicted octanol–water partition coefficient (Wildman–Crippen LogP) is 2.39. The summed E-state index contributed by atoms with van der Waals surface area (Å²) >= 11 is 0. The number of esters is 1. The topological polar surface area (TPSA) is 76.7 Å². The Morgan fingerprint density at radius 3 is 2.24 bits per heavy atom. The average molecular weight is 362 g/mol. The van der Waals surface area contributed by atoms with E-state index in [4.69, 9.17) is 0 Å². The van der Waals surface area contributed by atoms with Gasteiger partial charge in [-0.3, -0.25) is 5.32 Å². The van der Waals surface area contributed by atoms with E-state index < -0.39 is 30.5 Å². The second kappa shape index (κ2) is 9.26. The highest BCUT2D eigenvalue weighted by molar-refractivity contribution is 5.87. The lowest BCUT2D eigenvalue weighted by molar-refractivity contribution is -0.283. The number of carbonyl (C=O) groups excluding carboxylic acids is 2. The molecule has 0 radical (unpaired) electrons. The number of hydrogen-bond donors (Lipinski definition) is 2. The molecule has 1 rings (SSSR count). The van der Waals surface area contributed by atoms with Gasteiger partial charge in [-0.2, -0.15) is 13.2 Å². The van der Waals surface area contributed by atoms with Gasteiger partial charge in [0.25, 0.3) is 0 Å². The summed E-state index contributed by atoms with van der Waals surface area (Å²) < 4.78 is 49.3. The van der Waals surface area contributed by atoms with Crippen LogP contribution in [0.25, 0.3) is 0 Å². The van der Waals surface area contributed by atoms with E-state index in [0.29, 0.717) is 6.42 Å². The third-order valence-electron chi connectivity index (χ3n) is 3.15. The van der Waals surface area contributed by atoms with Gasteiger partial charge in [0.1, 0.15) is 0 Å². The number of benzene rings is 1. The third-order valence-corrected chi connectivity index (χ3v) is 3.15. The molecule has 1 aromatic rings. The molecule has 0 bridgehead atoms. The van der Waals surface area contributed by atoms with Gasteiger partial charge in [0.15, 0.2) is 0 Å². The van der Waals surface area contributed by atoms with E-state index in [0.717, 1.165) is 5.56 Å². The molecule has 1 aromatic carbocycles. The van der Waals surface area contributed by atoms with Crippen LogP contribution in [0, 0.1) is 0 Å². The molecule has 6 nitrogen and oxygen atoms in total. The Hall–Kier alpha value is -2.29. The molecule has 0 aliphatic carbocycles. The molecule has 0 aliphatic heterocycles. The van der Waals surface area contributed by atoms with Crippen molar-refractivity contribution < 1.29 is 32.2 Å². The van der Waals surface area contributed by atoms with Gasteiger partial charge in [0, 0.05) is 13.2 Å². The van der Waals surface area contributed by atoms with Gasteiger partial charge >= 0.3 is 23.9 Å². The molecule has 0 unspecified atom stereocenters. The second-order valence-electron chi connectivity index (χ2n) is 4.95. The summed E-state index contributed by atoms with van der Waals surface area (Å²) in [5, 5.41) is 3.85. The zero-order valence-electron chi connectivity index (χ0n) is 14.0. The first kappa shape index (κ1) is 20.8. The second-order valence-corrected chi connectivity index (χ2v) is 4.95. The van der Waals surface area contributed by atoms with Crippen LogP contribution in [0.3, 0.4) is 0 Å². The minimum absolute atomic E-state index is 0.0821. The molecule has 25 heavy (non-hydrogen) atoms. The SMILES string of the molecule is CCOC(=O)[C@@](NC(=O)NCCc1ccccc1)(OCC)C(F)(F)F. The van der Waals surface area contributed by atoms with E-state index in [9.17, 15) is 22.8 Å². The van der Waals surface area contributed by atoms with Crippen LogP contribution in [0.4, 0.5) is 18.0 Å². The van der Waals surface area contributed by atoms with Crippen molar-refractivity contribution in [3.63, 3.8) is 0 Å². The molecule has 0 heterocycles. The van der Waals surface area contributed by atoms with Crippen molar-refractivity contribution in [1.82, 2.24) is 10.6 Å². The molecule has 0 saturated carbocycles. The molecule has 0 aromatic heterocycles. The summed E-state index contributed by atoms with van der Waals surface area (Å²) in [6.07, 6.45) is -4.77. The van der Waals surface area contributed by atoms with Crippen molar-refractivity contribution >= 4 is 12.0 Å². The zero-order valence-corrected chi connectivity index (χ0v) is 14.0. The first-order valence-corrected chi connectivity index (χ1v) is 7.74. The fourth-order valence-corrected chi connectivity index (χ4v) is 2.03. The number of ether oxygens (including phenoxy) is 2. The van der Waals surface area contributed by atoms with E-state index in [1.54, 1.807) is 17.4 Å². The van der Waals surface area contributed by atoms with Crippen LogP contribution in [-0.2, 0) is 20.7 Å². The summed E-state index contributed by atoms with van der Waals surface area (Å²) in [6.45, 7) is 1.96. The smallest absolute Gasteiger partial charge is 0.448 e. The lowest BCUT2D eigenvalue weighted by Gasteiger charge is -2.33. The fourth-order valence-electron chi connectivity index (χ4n) is 2.03. The first-order chi connectivity index (χ1) is 11.8. The molecule has 2 N–H and O–H groups in total. The molecule has 0 spiro atoms. The quantitative estimate of drug-likeness (QED) is 0.550. The van der Waals surface area contributed by atoms with Crippen LogP contribution in [0.15, 0.2) is 30.3 Å². The molecule has 9 heteroatoms. The van der Waals surface area contributed by atoms with Crippen LogP contribution in [0.5, 0.6) is 0 Å². The Labute approximate surface area is 143 Å². The first-order valence-electron chi connectivity index (χ1n) is 7.74. The van der Waals surface area contributed by atoms with Gasteiger partial charge in [-0.15, -0.1) is 0 Å². The number of hydrogen-bond acceptors (Lipinski definition) is 4. The van der Waals surface area contributed by atoms with Crippen LogP contribution in [-0.4, -0.2) is 43.7 Å². The molecule has 0 fully saturated rings. The van der Waals surface area contributed by atoms with Gasteiger partial charge in [-0.1, -0.05) is 30.3 Å². The Bertz CT molecular complexity index is 566. The number of amides is 2. The maximum Gasteiger partial charge on any atom is 0.448 e. The Morgan fingerprint density at radius 1 is 1.08 bits per heavy atom. The Balaban J connectivity index is 2.78. The van der Waals surface area contributed by atoms with Crippen LogP contribution >= 0.6 is 0 Å². The lowest BCUT2D eigenvalue weighted by Crippen LogP contribution is -2.67. The maximum atomic E-state index is 13.4. The zero-order chi connectivity index (χ0) is 18.9. The predicted molar refractivity (Wildman–Crippen MR) is 83.7 cm³/mol. The van der Waals surface area contributed by atoms with Crippen molar-refractivity contribution in [2.24, 2.45) is 0 Å². The van der Waals surface area contributed by atoms with Gasteiger partial charge < -0.3 is 14.8 Å². The number of urea groups is 1. The average Bonchev–Trinajstić information content (AvgIpc) is 2.54. The molecule has 140 valence electrons.